The maximum Gasteiger partial charge on any atom is 0.150 e. The predicted molar refractivity (Wildman–Crippen MR) is 81.2 cm³/mol. The van der Waals surface area contributed by atoms with Gasteiger partial charge in [-0.05, 0) is 50.6 Å². The Morgan fingerprint density at radius 3 is 2.48 bits per heavy atom. The zero-order chi connectivity index (χ0) is 14.8. The second kappa shape index (κ2) is 6.52. The molecule has 3 heterocycles. The van der Waals surface area contributed by atoms with Crippen molar-refractivity contribution in [3.63, 3.8) is 0 Å². The molecular weight excluding hydrogens is 290 g/mol. The van der Waals surface area contributed by atoms with Crippen LogP contribution >= 0.6 is 0 Å². The highest BCUT2D eigenvalue weighted by molar-refractivity contribution is 7.91. The molecule has 0 amide bonds. The van der Waals surface area contributed by atoms with E-state index in [0.717, 1.165) is 71.6 Å². The van der Waals surface area contributed by atoms with Crippen molar-refractivity contribution < 1.29 is 17.9 Å². The zero-order valence-electron chi connectivity index (χ0n) is 12.8. The number of ether oxygens (including phenoxy) is 2. The molecule has 0 aromatic carbocycles. The highest BCUT2D eigenvalue weighted by Gasteiger charge is 2.39. The number of hydrogen-bond donors (Lipinski definition) is 0. The number of nitrogens with zero attached hydrogens (tertiary/aromatic N) is 1. The van der Waals surface area contributed by atoms with Crippen LogP contribution in [0.1, 0.15) is 32.1 Å². The quantitative estimate of drug-likeness (QED) is 0.777. The summed E-state index contributed by atoms with van der Waals surface area (Å²) in [7, 11) is -2.74. The molecule has 0 N–H and O–H groups in total. The summed E-state index contributed by atoms with van der Waals surface area (Å²) in [6.07, 6.45) is 5.37. The van der Waals surface area contributed by atoms with Crippen molar-refractivity contribution in [2.75, 3.05) is 51.0 Å². The molecule has 3 aliphatic heterocycles. The Bertz CT molecular complexity index is 421. The van der Waals surface area contributed by atoms with E-state index < -0.39 is 9.84 Å². The van der Waals surface area contributed by atoms with E-state index in [1.54, 1.807) is 0 Å². The summed E-state index contributed by atoms with van der Waals surface area (Å²) in [5, 5.41) is 0. The molecule has 3 fully saturated rings. The van der Waals surface area contributed by atoms with Gasteiger partial charge < -0.3 is 14.4 Å². The van der Waals surface area contributed by atoms with Gasteiger partial charge in [0.2, 0.25) is 0 Å². The van der Waals surface area contributed by atoms with E-state index in [1.807, 2.05) is 0 Å². The van der Waals surface area contributed by atoms with Gasteiger partial charge in [0.25, 0.3) is 0 Å². The molecule has 5 nitrogen and oxygen atoms in total. The molecule has 122 valence electrons. The zero-order valence-corrected chi connectivity index (χ0v) is 13.6. The van der Waals surface area contributed by atoms with Crippen LogP contribution in [0, 0.1) is 5.41 Å². The average Bonchev–Trinajstić information content (AvgIpc) is 2.98. The van der Waals surface area contributed by atoms with E-state index in [1.165, 1.54) is 0 Å². The van der Waals surface area contributed by atoms with E-state index in [0.29, 0.717) is 23.0 Å². The maximum absolute atomic E-state index is 11.6. The lowest BCUT2D eigenvalue weighted by Gasteiger charge is -2.44. The summed E-state index contributed by atoms with van der Waals surface area (Å²) < 4.78 is 34.3. The van der Waals surface area contributed by atoms with Crippen molar-refractivity contribution in [3.8, 4) is 0 Å². The van der Waals surface area contributed by atoms with Crippen LogP contribution in [0.2, 0.25) is 0 Å². The minimum Gasteiger partial charge on any atom is -0.379 e. The molecule has 3 saturated heterocycles. The molecule has 0 radical (unpaired) electrons. The van der Waals surface area contributed by atoms with Crippen LogP contribution in [-0.2, 0) is 19.3 Å². The van der Waals surface area contributed by atoms with Crippen molar-refractivity contribution >= 4 is 9.84 Å². The van der Waals surface area contributed by atoms with Crippen LogP contribution in [0.25, 0.3) is 0 Å². The standard InChI is InChI=1S/C15H27NO4S/c17-21(18)11-4-15(5-12-21)2-6-16(7-3-15)8-10-20-14-1-9-19-13-14/h14H,1-13H2. The van der Waals surface area contributed by atoms with Gasteiger partial charge in [0.15, 0.2) is 0 Å². The largest absolute Gasteiger partial charge is 0.379 e. The molecule has 1 atom stereocenters. The van der Waals surface area contributed by atoms with Gasteiger partial charge in [0.05, 0.1) is 30.8 Å². The first-order valence-corrected chi connectivity index (χ1v) is 10.0. The lowest BCUT2D eigenvalue weighted by atomic mass is 9.74. The number of sulfone groups is 1. The fourth-order valence-electron chi connectivity index (χ4n) is 3.71. The molecule has 0 aromatic heterocycles. The van der Waals surface area contributed by atoms with Crippen LogP contribution in [0.5, 0.6) is 0 Å². The smallest absolute Gasteiger partial charge is 0.150 e. The topological polar surface area (TPSA) is 55.8 Å². The van der Waals surface area contributed by atoms with Crippen molar-refractivity contribution in [1.29, 1.82) is 0 Å². The van der Waals surface area contributed by atoms with Gasteiger partial charge in [0, 0.05) is 13.2 Å². The molecular formula is C15H27NO4S. The number of piperidine rings is 1. The van der Waals surface area contributed by atoms with Crippen molar-refractivity contribution in [1.82, 2.24) is 4.90 Å². The molecule has 1 unspecified atom stereocenters. The molecule has 0 aliphatic carbocycles. The fourth-order valence-corrected chi connectivity index (χ4v) is 5.41. The highest BCUT2D eigenvalue weighted by Crippen LogP contribution is 2.41. The first-order valence-electron chi connectivity index (χ1n) is 8.19. The van der Waals surface area contributed by atoms with Crippen LogP contribution in [0.3, 0.4) is 0 Å². The van der Waals surface area contributed by atoms with Crippen LogP contribution in [0.4, 0.5) is 0 Å². The summed E-state index contributed by atoms with van der Waals surface area (Å²) in [6, 6.07) is 0. The van der Waals surface area contributed by atoms with E-state index in [-0.39, 0.29) is 0 Å². The summed E-state index contributed by atoms with van der Waals surface area (Å²) in [4.78, 5) is 2.46. The van der Waals surface area contributed by atoms with Crippen LogP contribution in [0.15, 0.2) is 0 Å². The third-order valence-corrected chi connectivity index (χ3v) is 7.10. The van der Waals surface area contributed by atoms with Gasteiger partial charge in [-0.15, -0.1) is 0 Å². The van der Waals surface area contributed by atoms with Crippen molar-refractivity contribution in [3.05, 3.63) is 0 Å². The third kappa shape index (κ3) is 4.18. The molecule has 21 heavy (non-hydrogen) atoms. The Labute approximate surface area is 127 Å². The van der Waals surface area contributed by atoms with Crippen LogP contribution in [-0.4, -0.2) is 70.4 Å². The van der Waals surface area contributed by atoms with E-state index >= 15 is 0 Å². The molecule has 3 aliphatic rings. The summed E-state index contributed by atoms with van der Waals surface area (Å²) in [5.41, 5.74) is 0.308. The van der Waals surface area contributed by atoms with Crippen molar-refractivity contribution in [2.24, 2.45) is 5.41 Å². The Hall–Kier alpha value is -0.170. The minimum absolute atomic E-state index is 0.296. The van der Waals surface area contributed by atoms with Gasteiger partial charge in [-0.3, -0.25) is 0 Å². The van der Waals surface area contributed by atoms with Gasteiger partial charge in [-0.2, -0.15) is 0 Å². The summed E-state index contributed by atoms with van der Waals surface area (Å²) in [5.74, 6) is 0.801. The minimum atomic E-state index is -2.74. The van der Waals surface area contributed by atoms with Gasteiger partial charge in [-0.25, -0.2) is 8.42 Å². The number of likely N-dealkylation sites (tertiary alicyclic amines) is 1. The van der Waals surface area contributed by atoms with E-state index in [4.69, 9.17) is 9.47 Å². The monoisotopic (exact) mass is 317 g/mol. The Morgan fingerprint density at radius 1 is 1.14 bits per heavy atom. The second-order valence-corrected chi connectivity index (χ2v) is 9.15. The number of rotatable bonds is 4. The fraction of sp³-hybridized carbons (Fsp3) is 1.00. The normalized spacial score (nSPS) is 32.5. The third-order valence-electron chi connectivity index (χ3n) is 5.45. The molecule has 0 aromatic rings. The summed E-state index contributed by atoms with van der Waals surface area (Å²) in [6.45, 7) is 5.53. The molecule has 3 rings (SSSR count). The van der Waals surface area contributed by atoms with Gasteiger partial charge in [0.1, 0.15) is 9.84 Å². The van der Waals surface area contributed by atoms with E-state index in [2.05, 4.69) is 4.90 Å². The predicted octanol–water partition coefficient (Wildman–Crippen LogP) is 1.08. The maximum atomic E-state index is 11.6. The first-order chi connectivity index (χ1) is 10.1. The lowest BCUT2D eigenvalue weighted by molar-refractivity contribution is 0.0160. The molecule has 1 spiro atoms. The van der Waals surface area contributed by atoms with Gasteiger partial charge >= 0.3 is 0 Å². The van der Waals surface area contributed by atoms with E-state index in [9.17, 15) is 8.42 Å². The van der Waals surface area contributed by atoms with Gasteiger partial charge in [-0.1, -0.05) is 0 Å². The first kappa shape index (κ1) is 15.7. The molecule has 0 bridgehead atoms. The highest BCUT2D eigenvalue weighted by atomic mass is 32.2. The SMILES string of the molecule is O=S1(=O)CCC2(CCN(CCOC3CCOC3)CC2)CC1. The van der Waals surface area contributed by atoms with Crippen LogP contribution < -0.4 is 0 Å². The lowest BCUT2D eigenvalue weighted by Crippen LogP contribution is -2.45. The Balaban J connectivity index is 1.37. The van der Waals surface area contributed by atoms with Crippen molar-refractivity contribution in [2.45, 2.75) is 38.2 Å². The number of hydrogen-bond acceptors (Lipinski definition) is 5. The Morgan fingerprint density at radius 2 is 1.86 bits per heavy atom. The Kier molecular flexibility index (Phi) is 4.88. The average molecular weight is 317 g/mol. The second-order valence-electron chi connectivity index (χ2n) is 6.85. The molecule has 0 saturated carbocycles. The summed E-state index contributed by atoms with van der Waals surface area (Å²) >= 11 is 0. The molecule has 6 heteroatoms.